The van der Waals surface area contributed by atoms with E-state index in [-0.39, 0.29) is 96.9 Å². The Morgan fingerprint density at radius 3 is 2.09 bits per heavy atom. The molecule has 0 radical (unpaired) electrons. The number of hydrogen-bond donors (Lipinski definition) is 3. The molecule has 0 spiro atoms. The van der Waals surface area contributed by atoms with Crippen molar-refractivity contribution in [1.82, 2.24) is 30.8 Å². The minimum absolute atomic E-state index is 0. The van der Waals surface area contributed by atoms with Gasteiger partial charge in [0.1, 0.15) is 12.6 Å². The normalized spacial score (nSPS) is 13.3. The van der Waals surface area contributed by atoms with Gasteiger partial charge in [-0.3, -0.25) is 9.78 Å². The number of ether oxygens (including phenoxy) is 2. The van der Waals surface area contributed by atoms with Crippen molar-refractivity contribution in [2.24, 2.45) is 5.92 Å². The summed E-state index contributed by atoms with van der Waals surface area (Å²) in [6.07, 6.45) is 0.286. The topological polar surface area (TPSA) is 207 Å². The van der Waals surface area contributed by atoms with Crippen molar-refractivity contribution in [3.8, 4) is 0 Å². The molecular formula is C38H49N6Na2O9PS2. The molecule has 0 unspecified atom stereocenters. The van der Waals surface area contributed by atoms with Crippen LogP contribution in [-0.2, 0) is 49.4 Å². The zero-order chi connectivity index (χ0) is 40.7. The maximum atomic E-state index is 14.1. The van der Waals surface area contributed by atoms with Crippen molar-refractivity contribution in [2.45, 2.75) is 90.3 Å². The fourth-order valence-electron chi connectivity index (χ4n) is 5.73. The van der Waals surface area contributed by atoms with Crippen LogP contribution in [0.25, 0.3) is 0 Å². The molecule has 2 aromatic carbocycles. The number of aromatic nitrogens is 2. The molecule has 4 rings (SSSR count). The van der Waals surface area contributed by atoms with E-state index in [1.165, 1.54) is 27.6 Å². The van der Waals surface area contributed by atoms with Gasteiger partial charge in [0.15, 0.2) is 6.79 Å². The van der Waals surface area contributed by atoms with Crippen LogP contribution >= 0.6 is 30.5 Å². The third-order valence-corrected chi connectivity index (χ3v) is 11.0. The van der Waals surface area contributed by atoms with Crippen LogP contribution in [0, 0.1) is 5.92 Å². The Bertz CT molecular complexity index is 1860. The molecule has 0 fully saturated rings. The quantitative estimate of drug-likeness (QED) is 0.0512. The number of nitrogens with zero attached hydrogens (tertiary/aromatic N) is 3. The molecule has 0 saturated carbocycles. The van der Waals surface area contributed by atoms with Gasteiger partial charge in [-0.25, -0.2) is 14.6 Å². The number of benzene rings is 2. The van der Waals surface area contributed by atoms with Gasteiger partial charge in [-0.2, -0.15) is 0 Å². The van der Waals surface area contributed by atoms with Gasteiger partial charge in [0.25, 0.3) is 0 Å². The number of thiazole rings is 2. The predicted octanol–water partition coefficient (Wildman–Crippen LogP) is -1.26. The van der Waals surface area contributed by atoms with E-state index >= 15 is 0 Å². The Labute approximate surface area is 392 Å². The molecule has 0 aliphatic carbocycles. The summed E-state index contributed by atoms with van der Waals surface area (Å²) in [5, 5.41) is 11.7. The van der Waals surface area contributed by atoms with E-state index in [1.807, 2.05) is 79.9 Å². The molecule has 0 bridgehead atoms. The number of amides is 4. The summed E-state index contributed by atoms with van der Waals surface area (Å²) in [5.41, 5.74) is 4.03. The molecule has 304 valence electrons. The number of phosphoric acid groups is 1. The van der Waals surface area contributed by atoms with Crippen LogP contribution in [0.2, 0.25) is 0 Å². The van der Waals surface area contributed by atoms with E-state index in [0.29, 0.717) is 6.42 Å². The molecule has 0 aliphatic heterocycles. The first-order valence-electron chi connectivity index (χ1n) is 18.1. The number of hydrogen-bond acceptors (Lipinski definition) is 13. The van der Waals surface area contributed by atoms with Crippen LogP contribution in [0.4, 0.5) is 9.59 Å². The van der Waals surface area contributed by atoms with Gasteiger partial charge < -0.3 is 49.2 Å². The van der Waals surface area contributed by atoms with Crippen molar-refractivity contribution < 1.29 is 102 Å². The summed E-state index contributed by atoms with van der Waals surface area (Å²) in [7, 11) is -3.80. The van der Waals surface area contributed by atoms with Gasteiger partial charge in [0, 0.05) is 30.6 Å². The first-order valence-corrected chi connectivity index (χ1v) is 21.3. The molecule has 2 aromatic heterocycles. The fraction of sp³-hybridized carbons (Fsp3) is 0.447. The maximum Gasteiger partial charge on any atom is 1.00 e. The fourth-order valence-corrected chi connectivity index (χ4v) is 7.26. The number of carbonyl (C=O) groups excluding carboxylic acids is 3. The van der Waals surface area contributed by atoms with Crippen LogP contribution in [0.3, 0.4) is 0 Å². The van der Waals surface area contributed by atoms with Gasteiger partial charge >= 0.3 is 71.2 Å². The second-order valence-corrected chi connectivity index (χ2v) is 16.9. The zero-order valence-corrected chi connectivity index (χ0v) is 40.5. The van der Waals surface area contributed by atoms with Crippen molar-refractivity contribution in [3.63, 3.8) is 0 Å². The molecule has 3 N–H and O–H groups in total. The molecule has 4 amide bonds. The summed E-state index contributed by atoms with van der Waals surface area (Å²) in [6, 6.07) is 15.6. The number of nitrogens with one attached hydrogen (secondary N) is 3. The van der Waals surface area contributed by atoms with Crippen molar-refractivity contribution in [2.75, 3.05) is 13.8 Å². The molecule has 2 heterocycles. The Morgan fingerprint density at radius 2 is 1.53 bits per heavy atom. The van der Waals surface area contributed by atoms with Crippen LogP contribution in [0.5, 0.6) is 0 Å². The second kappa shape index (κ2) is 26.2. The largest absolute Gasteiger partial charge is 1.00 e. The zero-order valence-electron chi connectivity index (χ0n) is 34.0. The Kier molecular flexibility index (Phi) is 23.4. The molecule has 4 atom stereocenters. The van der Waals surface area contributed by atoms with E-state index in [0.717, 1.165) is 26.7 Å². The number of alkyl carbamates (subject to hydrolysis) is 1. The van der Waals surface area contributed by atoms with Gasteiger partial charge in [0.2, 0.25) is 5.91 Å². The Balaban J connectivity index is 0.00000580. The van der Waals surface area contributed by atoms with Gasteiger partial charge in [-0.15, -0.1) is 22.7 Å². The SMILES string of the molecule is CC(C)c1nc(CN(C)C(=O)N[C@H](C(=O)N[C@@H](Cc2ccccc2)C[C@H](OCOP(=O)([O-])[O-])[C@H](Cc2ccccc2)NC(=O)OCc2cncs2)C(C)C)cs1.[Na+].[Na+]. The third kappa shape index (κ3) is 18.6. The summed E-state index contributed by atoms with van der Waals surface area (Å²) in [6.45, 7) is 7.02. The van der Waals surface area contributed by atoms with E-state index in [9.17, 15) is 28.7 Å². The first kappa shape index (κ1) is 51.9. The predicted molar refractivity (Wildman–Crippen MR) is 209 cm³/mol. The number of rotatable bonds is 21. The van der Waals surface area contributed by atoms with Crippen molar-refractivity contribution >= 4 is 48.5 Å². The summed E-state index contributed by atoms with van der Waals surface area (Å²) >= 11 is 2.85. The van der Waals surface area contributed by atoms with Gasteiger partial charge in [0.05, 0.1) is 47.6 Å². The summed E-state index contributed by atoms with van der Waals surface area (Å²) in [4.78, 5) is 74.4. The maximum absolute atomic E-state index is 14.1. The van der Waals surface area contributed by atoms with Crippen molar-refractivity contribution in [1.29, 1.82) is 0 Å². The summed E-state index contributed by atoms with van der Waals surface area (Å²) in [5.74, 6) is -0.523. The van der Waals surface area contributed by atoms with E-state index < -0.39 is 56.9 Å². The second-order valence-electron chi connectivity index (χ2n) is 13.9. The monoisotopic (exact) mass is 874 g/mol. The first-order chi connectivity index (χ1) is 26.7. The van der Waals surface area contributed by atoms with Crippen LogP contribution < -0.4 is 84.9 Å². The standard InChI is InChI=1S/C38H51N6O9PS2.2Na/c1-25(2)34(43-37(46)44(5)20-30-22-55-36(41-30)26(3)4)35(45)40-29(16-27-12-8-6-9-13-27)18-33(52-24-53-54(48,49)50)32(17-28-14-10-7-11-15-28)42-38(47)51-21-31-19-39-23-56-31;;/h6-15,19,22-23,25-26,29,32-34H,16-18,20-21,24H2,1-5H3,(H,40,45)(H,42,47)(H,43,46)(H2,48,49,50);;/q;2*+1/p-2/t29-,32-,33-,34-;;/m0../s1. The molecular weight excluding hydrogens is 826 g/mol. The molecule has 0 saturated heterocycles. The average molecular weight is 875 g/mol. The number of phosphoric ester groups is 1. The minimum Gasteiger partial charge on any atom is -0.790 e. The molecule has 15 nitrogen and oxygen atoms in total. The van der Waals surface area contributed by atoms with Crippen LogP contribution in [0.15, 0.2) is 77.8 Å². The smallest absolute Gasteiger partial charge is 0.790 e. The van der Waals surface area contributed by atoms with E-state index in [1.54, 1.807) is 18.8 Å². The average Bonchev–Trinajstić information content (AvgIpc) is 3.85. The summed E-state index contributed by atoms with van der Waals surface area (Å²) < 4.78 is 27.3. The number of carbonyl (C=O) groups is 3. The minimum atomic E-state index is -5.43. The molecule has 0 aliphatic rings. The van der Waals surface area contributed by atoms with Gasteiger partial charge in [-0.1, -0.05) is 88.4 Å². The van der Waals surface area contributed by atoms with Crippen LogP contribution in [0.1, 0.15) is 66.7 Å². The number of urea groups is 1. The van der Waals surface area contributed by atoms with Gasteiger partial charge in [-0.05, 0) is 36.3 Å². The Morgan fingerprint density at radius 1 is 0.897 bits per heavy atom. The molecule has 58 heavy (non-hydrogen) atoms. The molecule has 4 aromatic rings. The van der Waals surface area contributed by atoms with Crippen molar-refractivity contribution in [3.05, 3.63) is 104 Å². The molecule has 20 heteroatoms. The third-order valence-electron chi connectivity index (χ3n) is 8.60. The Hall–Kier alpha value is -2.22. The van der Waals surface area contributed by atoms with E-state index in [2.05, 4.69) is 44.3 Å². The van der Waals surface area contributed by atoms with Crippen LogP contribution in [-0.4, -0.2) is 71.0 Å². The van der Waals surface area contributed by atoms with E-state index in [4.69, 9.17) is 9.47 Å².